The molecule has 0 atom stereocenters. The third-order valence-electron chi connectivity index (χ3n) is 2.74. The van der Waals surface area contributed by atoms with Crippen LogP contribution in [0.25, 0.3) is 22.2 Å². The average molecular weight is 259 g/mol. The zero-order valence-electron chi connectivity index (χ0n) is 9.93. The molecule has 0 saturated heterocycles. The number of hydrogen-bond acceptors (Lipinski definition) is 4. The highest BCUT2D eigenvalue weighted by Crippen LogP contribution is 2.37. The van der Waals surface area contributed by atoms with Gasteiger partial charge in [0.15, 0.2) is 5.13 Å². The van der Waals surface area contributed by atoms with Crippen LogP contribution in [-0.2, 0) is 0 Å². The Kier molecular flexibility index (Phi) is 2.68. The standard InChI is InChI=1S/C13H13N3OS/c1-2-17-12-11(10-7-18-13(14)16-10)8-5-3-4-6-9(8)15-12/h3-7,15H,2H2,1H3,(H2,14,16). The molecule has 0 saturated carbocycles. The Bertz CT molecular complexity index is 686. The van der Waals surface area contributed by atoms with Crippen LogP contribution < -0.4 is 10.5 Å². The van der Waals surface area contributed by atoms with E-state index in [1.165, 1.54) is 11.3 Å². The lowest BCUT2D eigenvalue weighted by atomic mass is 10.1. The van der Waals surface area contributed by atoms with Crippen LogP contribution in [0.1, 0.15) is 6.92 Å². The van der Waals surface area contributed by atoms with Crippen molar-refractivity contribution in [2.24, 2.45) is 0 Å². The predicted molar refractivity (Wildman–Crippen MR) is 75.0 cm³/mol. The zero-order valence-corrected chi connectivity index (χ0v) is 10.8. The molecule has 2 heterocycles. The van der Waals surface area contributed by atoms with Crippen molar-refractivity contribution in [1.82, 2.24) is 9.97 Å². The van der Waals surface area contributed by atoms with Crippen LogP contribution in [-0.4, -0.2) is 16.6 Å². The maximum Gasteiger partial charge on any atom is 0.201 e. The molecular weight excluding hydrogens is 246 g/mol. The van der Waals surface area contributed by atoms with Crippen LogP contribution in [0.15, 0.2) is 29.6 Å². The molecular formula is C13H13N3OS. The fourth-order valence-corrected chi connectivity index (χ4v) is 2.58. The first-order chi connectivity index (χ1) is 8.79. The lowest BCUT2D eigenvalue weighted by molar-refractivity contribution is 0.331. The van der Waals surface area contributed by atoms with Gasteiger partial charge in [0.2, 0.25) is 5.88 Å². The molecule has 0 aliphatic carbocycles. The van der Waals surface area contributed by atoms with Crippen molar-refractivity contribution in [3.05, 3.63) is 29.6 Å². The quantitative estimate of drug-likeness (QED) is 0.758. The first-order valence-corrected chi connectivity index (χ1v) is 6.62. The van der Waals surface area contributed by atoms with E-state index in [1.54, 1.807) is 0 Å². The second-order valence-electron chi connectivity index (χ2n) is 3.88. The molecule has 0 bridgehead atoms. The number of aromatic nitrogens is 2. The summed E-state index contributed by atoms with van der Waals surface area (Å²) in [5, 5.41) is 3.62. The number of hydrogen-bond donors (Lipinski definition) is 2. The SMILES string of the molecule is CCOc1[nH]c2ccccc2c1-c1csc(N)n1. The fourth-order valence-electron chi connectivity index (χ4n) is 2.03. The van der Waals surface area contributed by atoms with Gasteiger partial charge in [0.1, 0.15) is 0 Å². The van der Waals surface area contributed by atoms with Crippen LogP contribution >= 0.6 is 11.3 Å². The second-order valence-corrected chi connectivity index (χ2v) is 4.77. The number of benzene rings is 1. The minimum absolute atomic E-state index is 0.567. The lowest BCUT2D eigenvalue weighted by Gasteiger charge is -2.02. The van der Waals surface area contributed by atoms with Crippen molar-refractivity contribution in [2.45, 2.75) is 6.92 Å². The monoisotopic (exact) mass is 259 g/mol. The van der Waals surface area contributed by atoms with Crippen molar-refractivity contribution >= 4 is 27.4 Å². The molecule has 4 nitrogen and oxygen atoms in total. The van der Waals surface area contributed by atoms with Crippen molar-refractivity contribution in [3.8, 4) is 17.1 Å². The van der Waals surface area contributed by atoms with E-state index in [9.17, 15) is 0 Å². The first kappa shape index (κ1) is 11.1. The summed E-state index contributed by atoms with van der Waals surface area (Å²) in [5.41, 5.74) is 8.60. The topological polar surface area (TPSA) is 63.9 Å². The van der Waals surface area contributed by atoms with Crippen molar-refractivity contribution < 1.29 is 4.74 Å². The molecule has 2 aromatic heterocycles. The van der Waals surface area contributed by atoms with Gasteiger partial charge in [0, 0.05) is 16.3 Å². The number of para-hydroxylation sites is 1. The summed E-state index contributed by atoms with van der Waals surface area (Å²) < 4.78 is 5.65. The third-order valence-corrected chi connectivity index (χ3v) is 3.41. The number of anilines is 1. The van der Waals surface area contributed by atoms with E-state index in [2.05, 4.69) is 16.0 Å². The van der Waals surface area contributed by atoms with Gasteiger partial charge in [-0.25, -0.2) is 4.98 Å². The third kappa shape index (κ3) is 1.73. The number of nitrogen functional groups attached to an aromatic ring is 1. The van der Waals surface area contributed by atoms with Crippen LogP contribution in [0.3, 0.4) is 0 Å². The van der Waals surface area contributed by atoms with Gasteiger partial charge in [-0.3, -0.25) is 0 Å². The molecule has 3 rings (SSSR count). The van der Waals surface area contributed by atoms with Gasteiger partial charge < -0.3 is 15.5 Å². The highest BCUT2D eigenvalue weighted by atomic mass is 32.1. The maximum absolute atomic E-state index is 5.71. The van der Waals surface area contributed by atoms with E-state index in [0.717, 1.165) is 28.0 Å². The smallest absolute Gasteiger partial charge is 0.201 e. The molecule has 0 unspecified atom stereocenters. The molecule has 3 N–H and O–H groups in total. The Morgan fingerprint density at radius 2 is 2.22 bits per heavy atom. The predicted octanol–water partition coefficient (Wildman–Crippen LogP) is 3.27. The zero-order chi connectivity index (χ0) is 12.5. The molecule has 18 heavy (non-hydrogen) atoms. The molecule has 0 fully saturated rings. The molecule has 0 aliphatic heterocycles. The lowest BCUT2D eigenvalue weighted by Crippen LogP contribution is -1.93. The normalized spacial score (nSPS) is 10.9. The molecule has 0 amide bonds. The van der Waals surface area contributed by atoms with E-state index >= 15 is 0 Å². The summed E-state index contributed by atoms with van der Waals surface area (Å²) in [6.07, 6.45) is 0. The molecule has 1 aromatic carbocycles. The van der Waals surface area contributed by atoms with Gasteiger partial charge in [-0.2, -0.15) is 0 Å². The summed E-state index contributed by atoms with van der Waals surface area (Å²) in [7, 11) is 0. The highest BCUT2D eigenvalue weighted by Gasteiger charge is 2.16. The van der Waals surface area contributed by atoms with E-state index in [1.807, 2.05) is 30.5 Å². The second kappa shape index (κ2) is 4.34. The van der Waals surface area contributed by atoms with E-state index in [4.69, 9.17) is 10.5 Å². The van der Waals surface area contributed by atoms with Gasteiger partial charge in [-0.15, -0.1) is 11.3 Å². The van der Waals surface area contributed by atoms with Crippen molar-refractivity contribution in [1.29, 1.82) is 0 Å². The van der Waals surface area contributed by atoms with E-state index in [0.29, 0.717) is 11.7 Å². The molecule has 0 radical (unpaired) electrons. The molecule has 5 heteroatoms. The van der Waals surface area contributed by atoms with Gasteiger partial charge in [0.05, 0.1) is 17.9 Å². The number of thiazole rings is 1. The fraction of sp³-hybridized carbons (Fsp3) is 0.154. The van der Waals surface area contributed by atoms with Gasteiger partial charge >= 0.3 is 0 Å². The Morgan fingerprint density at radius 3 is 2.94 bits per heavy atom. The number of nitrogens with one attached hydrogen (secondary N) is 1. The number of nitrogens with zero attached hydrogens (tertiary/aromatic N) is 1. The molecule has 0 aliphatic rings. The number of nitrogens with two attached hydrogens (primary N) is 1. The minimum Gasteiger partial charge on any atom is -0.479 e. The van der Waals surface area contributed by atoms with Crippen molar-refractivity contribution in [3.63, 3.8) is 0 Å². The molecule has 3 aromatic rings. The van der Waals surface area contributed by atoms with Crippen LogP contribution in [0.2, 0.25) is 0 Å². The highest BCUT2D eigenvalue weighted by molar-refractivity contribution is 7.13. The number of ether oxygens (including phenoxy) is 1. The van der Waals surface area contributed by atoms with E-state index in [-0.39, 0.29) is 0 Å². The summed E-state index contributed by atoms with van der Waals surface area (Å²) in [6, 6.07) is 8.08. The molecule has 92 valence electrons. The first-order valence-electron chi connectivity index (χ1n) is 5.74. The number of H-pyrrole nitrogens is 1. The Balaban J connectivity index is 2.27. The summed E-state index contributed by atoms with van der Waals surface area (Å²) >= 11 is 1.44. The Labute approximate surface area is 108 Å². The van der Waals surface area contributed by atoms with Crippen LogP contribution in [0.5, 0.6) is 5.88 Å². The summed E-state index contributed by atoms with van der Waals surface area (Å²) in [6.45, 7) is 2.57. The minimum atomic E-state index is 0.567. The van der Waals surface area contributed by atoms with Crippen molar-refractivity contribution in [2.75, 3.05) is 12.3 Å². The maximum atomic E-state index is 5.71. The van der Waals surface area contributed by atoms with Crippen LogP contribution in [0, 0.1) is 0 Å². The Morgan fingerprint density at radius 1 is 1.39 bits per heavy atom. The summed E-state index contributed by atoms with van der Waals surface area (Å²) in [5.74, 6) is 0.754. The van der Waals surface area contributed by atoms with Gasteiger partial charge in [0.25, 0.3) is 0 Å². The van der Waals surface area contributed by atoms with Gasteiger partial charge in [-0.05, 0) is 13.0 Å². The molecule has 0 spiro atoms. The largest absolute Gasteiger partial charge is 0.479 e. The number of fused-ring (bicyclic) bond motifs is 1. The number of rotatable bonds is 3. The van der Waals surface area contributed by atoms with E-state index < -0.39 is 0 Å². The van der Waals surface area contributed by atoms with Crippen LogP contribution in [0.4, 0.5) is 5.13 Å². The summed E-state index contributed by atoms with van der Waals surface area (Å²) in [4.78, 5) is 7.62. The number of aromatic amines is 1. The average Bonchev–Trinajstić information content (AvgIpc) is 2.92. The Hall–Kier alpha value is -2.01. The van der Waals surface area contributed by atoms with Gasteiger partial charge in [-0.1, -0.05) is 18.2 Å².